The Morgan fingerprint density at radius 3 is 2.02 bits per heavy atom. The zero-order chi connectivity index (χ0) is 30.4. The molecule has 0 saturated heterocycles. The third-order valence-corrected chi connectivity index (χ3v) is 10.5. The molecule has 44 heavy (non-hydrogen) atoms. The van der Waals surface area contributed by atoms with Crippen molar-refractivity contribution in [3.05, 3.63) is 149 Å². The molecule has 1 aliphatic carbocycles. The van der Waals surface area contributed by atoms with Crippen LogP contribution in [0.25, 0.3) is 43.4 Å². The van der Waals surface area contributed by atoms with Crippen molar-refractivity contribution in [2.75, 3.05) is 0 Å². The second-order valence-corrected chi connectivity index (χ2v) is 13.0. The topological polar surface area (TPSA) is 0 Å². The number of allylic oxidation sites excluding steroid dienone is 3. The van der Waals surface area contributed by atoms with E-state index in [-0.39, 0.29) is 11.7 Å². The van der Waals surface area contributed by atoms with Gasteiger partial charge in [-0.3, -0.25) is 0 Å². The van der Waals surface area contributed by atoms with Crippen LogP contribution in [0.3, 0.4) is 0 Å². The summed E-state index contributed by atoms with van der Waals surface area (Å²) in [7, 11) is 0. The summed E-state index contributed by atoms with van der Waals surface area (Å²) in [6, 6.07) is 33.9. The van der Waals surface area contributed by atoms with Crippen molar-refractivity contribution >= 4 is 44.1 Å². The van der Waals surface area contributed by atoms with Crippen molar-refractivity contribution in [2.45, 2.75) is 44.4 Å². The van der Waals surface area contributed by atoms with Gasteiger partial charge in [-0.25, -0.2) is 8.78 Å². The fraction of sp³-hybridized carbons (Fsp3) is 0.171. The Kier molecular flexibility index (Phi) is 7.60. The molecule has 0 saturated carbocycles. The highest BCUT2D eigenvalue weighted by molar-refractivity contribution is 8.03. The van der Waals surface area contributed by atoms with Crippen LogP contribution in [-0.2, 0) is 0 Å². The molecule has 0 spiro atoms. The standard InChI is InChI=1S/C41H34F2S/c1-4-25(2)35-21-28(18-20-40(35)44-39-16-10-5-11-26(39)3)37-24-29(42)23-36(41(37)43)27-17-19-34-32-14-7-6-12-30(32)31-13-8-9-15-33(31)38(34)22-27/h5-17,19-25,28H,4,18H2,1-3H3. The Morgan fingerprint density at radius 1 is 0.750 bits per heavy atom. The van der Waals surface area contributed by atoms with Gasteiger partial charge >= 0.3 is 0 Å². The van der Waals surface area contributed by atoms with E-state index >= 15 is 8.78 Å². The van der Waals surface area contributed by atoms with Gasteiger partial charge in [0.2, 0.25) is 0 Å². The number of hydrogen-bond acceptors (Lipinski definition) is 1. The molecular formula is C41H34F2S. The average Bonchev–Trinajstić information content (AvgIpc) is 3.06. The van der Waals surface area contributed by atoms with E-state index in [1.54, 1.807) is 11.8 Å². The summed E-state index contributed by atoms with van der Waals surface area (Å²) in [5.74, 6) is -0.688. The summed E-state index contributed by atoms with van der Waals surface area (Å²) < 4.78 is 31.9. The average molecular weight is 597 g/mol. The van der Waals surface area contributed by atoms with Crippen LogP contribution >= 0.6 is 11.8 Å². The zero-order valence-electron chi connectivity index (χ0n) is 25.2. The Bertz CT molecular complexity index is 2080. The molecule has 0 fully saturated rings. The van der Waals surface area contributed by atoms with Crippen molar-refractivity contribution in [3.63, 3.8) is 0 Å². The maximum Gasteiger partial charge on any atom is 0.135 e. The lowest BCUT2D eigenvalue weighted by atomic mass is 9.83. The molecule has 6 aromatic rings. The molecule has 0 aliphatic heterocycles. The largest absolute Gasteiger partial charge is 0.207 e. The lowest BCUT2D eigenvalue weighted by Gasteiger charge is -2.26. The minimum Gasteiger partial charge on any atom is -0.207 e. The summed E-state index contributed by atoms with van der Waals surface area (Å²) in [5.41, 5.74) is 3.86. The Hall–Kier alpha value is -4.21. The van der Waals surface area contributed by atoms with Crippen LogP contribution in [0.5, 0.6) is 0 Å². The van der Waals surface area contributed by atoms with E-state index < -0.39 is 5.82 Å². The van der Waals surface area contributed by atoms with Crippen LogP contribution in [0.1, 0.15) is 43.7 Å². The van der Waals surface area contributed by atoms with E-state index in [1.807, 2.05) is 30.3 Å². The van der Waals surface area contributed by atoms with Gasteiger partial charge in [0.1, 0.15) is 11.6 Å². The first-order chi connectivity index (χ1) is 21.4. The predicted molar refractivity (Wildman–Crippen MR) is 184 cm³/mol. The molecular weight excluding hydrogens is 563 g/mol. The van der Waals surface area contributed by atoms with Crippen LogP contribution in [0, 0.1) is 24.5 Å². The number of thioether (sulfide) groups is 1. The monoisotopic (exact) mass is 596 g/mol. The minimum absolute atomic E-state index is 0.236. The van der Waals surface area contributed by atoms with E-state index in [9.17, 15) is 0 Å². The van der Waals surface area contributed by atoms with Gasteiger partial charge in [-0.1, -0.05) is 117 Å². The number of rotatable bonds is 6. The summed E-state index contributed by atoms with van der Waals surface area (Å²) in [6.07, 6.45) is 6.01. The van der Waals surface area contributed by atoms with Crippen molar-refractivity contribution in [3.8, 4) is 11.1 Å². The summed E-state index contributed by atoms with van der Waals surface area (Å²) in [4.78, 5) is 2.44. The lowest BCUT2D eigenvalue weighted by molar-refractivity contribution is 0.576. The highest BCUT2D eigenvalue weighted by Crippen LogP contribution is 2.45. The van der Waals surface area contributed by atoms with Crippen LogP contribution in [0.4, 0.5) is 8.78 Å². The summed E-state index contributed by atoms with van der Waals surface area (Å²) >= 11 is 1.78. The fourth-order valence-electron chi connectivity index (χ4n) is 6.62. The molecule has 0 heterocycles. The van der Waals surface area contributed by atoms with E-state index in [4.69, 9.17) is 0 Å². The predicted octanol–water partition coefficient (Wildman–Crippen LogP) is 12.5. The third-order valence-electron chi connectivity index (χ3n) is 9.20. The normalized spacial score (nSPS) is 15.9. The molecule has 7 rings (SSSR count). The SMILES string of the molecule is CCC(C)C1=CC(c2cc(F)cc(-c3ccc4c5ccccc5c5ccccc5c4c3)c2F)CC=C1Sc1ccccc1C. The first-order valence-electron chi connectivity index (χ1n) is 15.4. The molecule has 2 unspecified atom stereocenters. The van der Waals surface area contributed by atoms with Crippen LogP contribution in [0.15, 0.2) is 131 Å². The van der Waals surface area contributed by atoms with Gasteiger partial charge in [-0.15, -0.1) is 0 Å². The van der Waals surface area contributed by atoms with E-state index in [0.717, 1.165) is 33.4 Å². The van der Waals surface area contributed by atoms with Gasteiger partial charge in [-0.2, -0.15) is 0 Å². The van der Waals surface area contributed by atoms with E-state index in [2.05, 4.69) is 93.6 Å². The molecule has 0 amide bonds. The summed E-state index contributed by atoms with van der Waals surface area (Å²) in [5, 5.41) is 6.76. The number of benzene rings is 6. The molecule has 6 aromatic carbocycles. The number of fused-ring (bicyclic) bond motifs is 6. The lowest BCUT2D eigenvalue weighted by Crippen LogP contribution is -2.10. The molecule has 0 radical (unpaired) electrons. The number of halogens is 2. The quantitative estimate of drug-likeness (QED) is 0.172. The second kappa shape index (κ2) is 11.7. The molecule has 3 heteroatoms. The second-order valence-electron chi connectivity index (χ2n) is 11.9. The number of hydrogen-bond donors (Lipinski definition) is 0. The van der Waals surface area contributed by atoms with Gasteiger partial charge in [0.15, 0.2) is 0 Å². The van der Waals surface area contributed by atoms with Gasteiger partial charge in [0.05, 0.1) is 0 Å². The molecule has 218 valence electrons. The highest BCUT2D eigenvalue weighted by Gasteiger charge is 2.25. The molecule has 0 bridgehead atoms. The van der Waals surface area contributed by atoms with Crippen LogP contribution in [-0.4, -0.2) is 0 Å². The maximum atomic E-state index is 16.6. The van der Waals surface area contributed by atoms with Gasteiger partial charge in [-0.05, 0) is 105 Å². The minimum atomic E-state index is -0.414. The van der Waals surface area contributed by atoms with E-state index in [1.165, 1.54) is 38.5 Å². The summed E-state index contributed by atoms with van der Waals surface area (Å²) in [6.45, 7) is 6.53. The number of aryl methyl sites for hydroxylation is 1. The van der Waals surface area contributed by atoms with Crippen molar-refractivity contribution in [1.82, 2.24) is 0 Å². The Morgan fingerprint density at radius 2 is 1.36 bits per heavy atom. The molecule has 0 N–H and O–H groups in total. The van der Waals surface area contributed by atoms with Crippen molar-refractivity contribution < 1.29 is 8.78 Å². The van der Waals surface area contributed by atoms with Crippen LogP contribution in [0.2, 0.25) is 0 Å². The molecule has 0 nitrogen and oxygen atoms in total. The molecule has 0 aromatic heterocycles. The first kappa shape index (κ1) is 28.6. The van der Waals surface area contributed by atoms with Crippen molar-refractivity contribution in [1.29, 1.82) is 0 Å². The smallest absolute Gasteiger partial charge is 0.135 e. The maximum absolute atomic E-state index is 16.6. The van der Waals surface area contributed by atoms with Gasteiger partial charge in [0.25, 0.3) is 0 Å². The fourth-order valence-corrected chi connectivity index (χ4v) is 7.80. The highest BCUT2D eigenvalue weighted by atomic mass is 32.2. The van der Waals surface area contributed by atoms with Gasteiger partial charge in [0, 0.05) is 21.3 Å². The van der Waals surface area contributed by atoms with Crippen molar-refractivity contribution in [2.24, 2.45) is 5.92 Å². The van der Waals surface area contributed by atoms with Crippen LogP contribution < -0.4 is 0 Å². The Balaban J connectivity index is 1.32. The van der Waals surface area contributed by atoms with Gasteiger partial charge < -0.3 is 0 Å². The van der Waals surface area contributed by atoms with E-state index in [0.29, 0.717) is 29.0 Å². The zero-order valence-corrected chi connectivity index (χ0v) is 26.0. The Labute approximate surface area is 262 Å². The third kappa shape index (κ3) is 5.04. The molecule has 2 atom stereocenters. The first-order valence-corrected chi connectivity index (χ1v) is 16.2. The molecule has 1 aliphatic rings.